The minimum atomic E-state index is -0.925. The van der Waals surface area contributed by atoms with Crippen molar-refractivity contribution < 1.29 is 24.0 Å². The summed E-state index contributed by atoms with van der Waals surface area (Å²) in [6.45, 7) is 0.0145. The van der Waals surface area contributed by atoms with E-state index in [0.717, 1.165) is 5.56 Å². The average molecular weight is 437 g/mol. The summed E-state index contributed by atoms with van der Waals surface area (Å²) in [7, 11) is 0. The lowest BCUT2D eigenvalue weighted by molar-refractivity contribution is -0.384. The highest BCUT2D eigenvalue weighted by molar-refractivity contribution is 9.09. The first kappa shape index (κ1) is 20.4. The molecule has 0 unspecified atom stereocenters. The van der Waals surface area contributed by atoms with Crippen LogP contribution in [0.2, 0.25) is 0 Å². The summed E-state index contributed by atoms with van der Waals surface area (Å²) >= 11 is 3.15. The van der Waals surface area contributed by atoms with Crippen molar-refractivity contribution in [3.05, 3.63) is 75.8 Å². The van der Waals surface area contributed by atoms with Crippen LogP contribution in [0.1, 0.15) is 11.1 Å². The van der Waals surface area contributed by atoms with Crippen LogP contribution in [0, 0.1) is 10.1 Å². The van der Waals surface area contributed by atoms with Gasteiger partial charge in [-0.05, 0) is 23.3 Å². The highest BCUT2D eigenvalue weighted by Crippen LogP contribution is 2.13. The third kappa shape index (κ3) is 6.70. The van der Waals surface area contributed by atoms with Crippen molar-refractivity contribution >= 4 is 33.7 Å². The van der Waals surface area contributed by atoms with E-state index < -0.39 is 23.0 Å². The van der Waals surface area contributed by atoms with Crippen LogP contribution in [-0.4, -0.2) is 28.4 Å². The lowest BCUT2D eigenvalue weighted by Crippen LogP contribution is -2.43. The Kier molecular flexibility index (Phi) is 7.75. The Morgan fingerprint density at radius 2 is 1.59 bits per heavy atom. The molecule has 2 rings (SSSR count). The number of benzene rings is 2. The summed E-state index contributed by atoms with van der Waals surface area (Å²) in [5.74, 6) is -0.651. The Hall–Kier alpha value is -2.94. The number of nitrogens with one attached hydrogen (secondary N) is 1. The number of carbonyl (C=O) groups is 2. The predicted octanol–water partition coefficient (Wildman–Crippen LogP) is 3.33. The number of halogens is 1. The van der Waals surface area contributed by atoms with Gasteiger partial charge in [-0.3, -0.25) is 10.1 Å². The molecule has 0 aliphatic rings. The van der Waals surface area contributed by atoms with Crippen molar-refractivity contribution in [2.24, 2.45) is 0 Å². The number of ether oxygens (including phenoxy) is 2. The quantitative estimate of drug-likeness (QED) is 0.294. The second kappa shape index (κ2) is 10.3. The Balaban J connectivity index is 1.80. The molecular weight excluding hydrogens is 420 g/mol. The first-order chi connectivity index (χ1) is 13.0. The van der Waals surface area contributed by atoms with Gasteiger partial charge in [-0.2, -0.15) is 0 Å². The minimum absolute atomic E-state index is 0.0498. The number of alkyl carbamates (subject to hydrolysis) is 1. The van der Waals surface area contributed by atoms with E-state index in [4.69, 9.17) is 9.47 Å². The molecule has 142 valence electrons. The molecule has 2 aromatic rings. The van der Waals surface area contributed by atoms with Gasteiger partial charge >= 0.3 is 12.1 Å². The molecule has 0 aromatic heterocycles. The summed E-state index contributed by atoms with van der Waals surface area (Å²) in [6.07, 6.45) is -0.740. The first-order valence-corrected chi connectivity index (χ1v) is 9.05. The summed E-state index contributed by atoms with van der Waals surface area (Å²) in [4.78, 5) is 34.0. The lowest BCUT2D eigenvalue weighted by Gasteiger charge is -2.15. The van der Waals surface area contributed by atoms with Gasteiger partial charge in [0.05, 0.1) is 4.92 Å². The van der Waals surface area contributed by atoms with Crippen LogP contribution in [0.3, 0.4) is 0 Å². The zero-order valence-corrected chi connectivity index (χ0v) is 15.8. The van der Waals surface area contributed by atoms with Crippen molar-refractivity contribution in [1.29, 1.82) is 0 Å². The highest BCUT2D eigenvalue weighted by atomic mass is 79.9. The number of nitro benzene ring substituents is 1. The standard InChI is InChI=1S/C18H17BrN2O6/c19-10-16(20-18(23)27-12-13-4-2-1-3-5-13)17(22)26-11-14-6-8-15(9-7-14)21(24)25/h1-9,16H,10-12H2,(H,20,23)/t16-/m0/s1. The predicted molar refractivity (Wildman–Crippen MR) is 100 cm³/mol. The summed E-state index contributed by atoms with van der Waals surface area (Å²) in [5.41, 5.74) is 1.36. The first-order valence-electron chi connectivity index (χ1n) is 7.92. The van der Waals surface area contributed by atoms with Gasteiger partial charge in [0, 0.05) is 17.5 Å². The van der Waals surface area contributed by atoms with Crippen molar-refractivity contribution in [3.63, 3.8) is 0 Å². The number of hydrogen-bond acceptors (Lipinski definition) is 6. The summed E-state index contributed by atoms with van der Waals surface area (Å²) in [6, 6.07) is 13.8. The topological polar surface area (TPSA) is 108 Å². The van der Waals surface area contributed by atoms with Gasteiger partial charge in [-0.25, -0.2) is 9.59 Å². The normalized spacial score (nSPS) is 11.3. The highest BCUT2D eigenvalue weighted by Gasteiger charge is 2.22. The number of alkyl halides is 1. The zero-order chi connectivity index (χ0) is 19.6. The van der Waals surface area contributed by atoms with Gasteiger partial charge in [0.25, 0.3) is 5.69 Å². The maximum atomic E-state index is 12.1. The number of hydrogen-bond donors (Lipinski definition) is 1. The second-order valence-corrected chi connectivity index (χ2v) is 6.09. The SMILES string of the molecule is O=C(N[C@@H](CBr)C(=O)OCc1ccc([N+](=O)[O-])cc1)OCc1ccccc1. The van der Waals surface area contributed by atoms with Gasteiger partial charge in [0.1, 0.15) is 19.3 Å². The largest absolute Gasteiger partial charge is 0.459 e. The number of nitro groups is 1. The molecule has 0 heterocycles. The van der Waals surface area contributed by atoms with E-state index in [1.54, 1.807) is 0 Å². The molecular formula is C18H17BrN2O6. The molecule has 0 aliphatic carbocycles. The van der Waals surface area contributed by atoms with Gasteiger partial charge < -0.3 is 14.8 Å². The maximum absolute atomic E-state index is 12.1. The maximum Gasteiger partial charge on any atom is 0.408 e. The zero-order valence-electron chi connectivity index (χ0n) is 14.2. The van der Waals surface area contributed by atoms with E-state index in [1.807, 2.05) is 30.3 Å². The summed E-state index contributed by atoms with van der Waals surface area (Å²) < 4.78 is 10.2. The molecule has 1 atom stereocenters. The van der Waals surface area contributed by atoms with Crippen LogP contribution in [0.4, 0.5) is 10.5 Å². The van der Waals surface area contributed by atoms with Crippen molar-refractivity contribution in [2.75, 3.05) is 5.33 Å². The molecule has 8 nitrogen and oxygen atoms in total. The van der Waals surface area contributed by atoms with Crippen molar-refractivity contribution in [1.82, 2.24) is 5.32 Å². The molecule has 0 radical (unpaired) electrons. The molecule has 0 spiro atoms. The van der Waals surface area contributed by atoms with Crippen LogP contribution in [-0.2, 0) is 27.5 Å². The summed E-state index contributed by atoms with van der Waals surface area (Å²) in [5, 5.41) is 13.2. The molecule has 0 bridgehead atoms. The third-order valence-electron chi connectivity index (χ3n) is 3.47. The molecule has 0 saturated heterocycles. The fraction of sp³-hybridized carbons (Fsp3) is 0.222. The van der Waals surface area contributed by atoms with E-state index in [2.05, 4.69) is 21.2 Å². The van der Waals surface area contributed by atoms with Gasteiger partial charge in [-0.1, -0.05) is 46.3 Å². The molecule has 0 aliphatic heterocycles. The van der Waals surface area contributed by atoms with Crippen LogP contribution in [0.15, 0.2) is 54.6 Å². The lowest BCUT2D eigenvalue weighted by atomic mass is 10.2. The molecule has 27 heavy (non-hydrogen) atoms. The number of amides is 1. The molecule has 9 heteroatoms. The number of non-ortho nitro benzene ring substituents is 1. The molecule has 0 saturated carbocycles. The Labute approximate surface area is 163 Å². The van der Waals surface area contributed by atoms with Crippen LogP contribution in [0.25, 0.3) is 0 Å². The minimum Gasteiger partial charge on any atom is -0.459 e. The van der Waals surface area contributed by atoms with E-state index >= 15 is 0 Å². The van der Waals surface area contributed by atoms with Crippen molar-refractivity contribution in [3.8, 4) is 0 Å². The van der Waals surface area contributed by atoms with Crippen LogP contribution in [0.5, 0.6) is 0 Å². The molecule has 0 fully saturated rings. The van der Waals surface area contributed by atoms with E-state index in [-0.39, 0.29) is 24.2 Å². The average Bonchev–Trinajstić information content (AvgIpc) is 2.69. The van der Waals surface area contributed by atoms with Gasteiger partial charge in [-0.15, -0.1) is 0 Å². The van der Waals surface area contributed by atoms with Gasteiger partial charge in [0.2, 0.25) is 0 Å². The fourth-order valence-corrected chi connectivity index (χ4v) is 2.46. The van der Waals surface area contributed by atoms with E-state index in [9.17, 15) is 19.7 Å². The number of carbonyl (C=O) groups excluding carboxylic acids is 2. The Morgan fingerprint density at radius 3 is 2.19 bits per heavy atom. The van der Waals surface area contributed by atoms with Gasteiger partial charge in [0.15, 0.2) is 0 Å². The monoisotopic (exact) mass is 436 g/mol. The number of rotatable bonds is 8. The Bertz CT molecular complexity index is 782. The molecule has 2 aromatic carbocycles. The van der Waals surface area contributed by atoms with Crippen LogP contribution >= 0.6 is 15.9 Å². The van der Waals surface area contributed by atoms with E-state index in [1.165, 1.54) is 24.3 Å². The number of nitrogens with zero attached hydrogens (tertiary/aromatic N) is 1. The fourth-order valence-electron chi connectivity index (χ4n) is 2.04. The number of esters is 1. The van der Waals surface area contributed by atoms with Crippen LogP contribution < -0.4 is 5.32 Å². The Morgan fingerprint density at radius 1 is 1.00 bits per heavy atom. The second-order valence-electron chi connectivity index (χ2n) is 5.44. The van der Waals surface area contributed by atoms with Crippen molar-refractivity contribution in [2.45, 2.75) is 19.3 Å². The third-order valence-corrected chi connectivity index (χ3v) is 4.12. The molecule has 1 N–H and O–H groups in total. The van der Waals surface area contributed by atoms with E-state index in [0.29, 0.717) is 5.56 Å². The smallest absolute Gasteiger partial charge is 0.408 e. The molecule has 1 amide bonds.